The summed E-state index contributed by atoms with van der Waals surface area (Å²) in [7, 11) is 4.23. The number of hydrogen-bond acceptors (Lipinski definition) is 2. The van der Waals surface area contributed by atoms with Crippen molar-refractivity contribution < 1.29 is 0 Å². The van der Waals surface area contributed by atoms with Crippen molar-refractivity contribution in [2.24, 2.45) is 0 Å². The lowest BCUT2D eigenvalue weighted by Crippen LogP contribution is -2.18. The minimum absolute atomic E-state index is 1.07. The van der Waals surface area contributed by atoms with Crippen molar-refractivity contribution in [2.45, 2.75) is 19.3 Å². The van der Waals surface area contributed by atoms with Gasteiger partial charge in [0.1, 0.15) is 0 Å². The molecular formula is C10H22N2. The van der Waals surface area contributed by atoms with Crippen molar-refractivity contribution in [3.05, 3.63) is 12.7 Å². The van der Waals surface area contributed by atoms with Gasteiger partial charge in [-0.25, -0.2) is 0 Å². The summed E-state index contributed by atoms with van der Waals surface area (Å²) in [5.74, 6) is 0. The van der Waals surface area contributed by atoms with E-state index in [0.29, 0.717) is 0 Å². The molecule has 0 amide bonds. The zero-order valence-electron chi connectivity index (χ0n) is 8.47. The van der Waals surface area contributed by atoms with Gasteiger partial charge in [0.2, 0.25) is 0 Å². The normalized spacial score (nSPS) is 10.6. The second kappa shape index (κ2) is 8.75. The number of hydrogen-bond donors (Lipinski definition) is 1. The molecule has 0 aliphatic carbocycles. The number of nitrogens with one attached hydrogen (secondary N) is 1. The SMILES string of the molecule is C=CCCNCCCCN(C)C. The van der Waals surface area contributed by atoms with Crippen LogP contribution < -0.4 is 5.32 Å². The minimum atomic E-state index is 1.07. The molecule has 0 bridgehead atoms. The Balaban J connectivity index is 2.86. The highest BCUT2D eigenvalue weighted by molar-refractivity contribution is 4.67. The second-order valence-corrected chi connectivity index (χ2v) is 3.34. The maximum Gasteiger partial charge on any atom is -0.00144 e. The van der Waals surface area contributed by atoms with Crippen LogP contribution in [0.25, 0.3) is 0 Å². The highest BCUT2D eigenvalue weighted by atomic mass is 15.0. The van der Waals surface area contributed by atoms with Gasteiger partial charge in [-0.1, -0.05) is 6.08 Å². The Morgan fingerprint density at radius 1 is 1.25 bits per heavy atom. The van der Waals surface area contributed by atoms with Crippen molar-refractivity contribution in [1.29, 1.82) is 0 Å². The third-order valence-corrected chi connectivity index (χ3v) is 1.73. The number of unbranched alkanes of at least 4 members (excludes halogenated alkanes) is 1. The first-order valence-electron chi connectivity index (χ1n) is 4.73. The molecule has 0 aliphatic heterocycles. The van der Waals surface area contributed by atoms with Crippen molar-refractivity contribution in [1.82, 2.24) is 10.2 Å². The fourth-order valence-corrected chi connectivity index (χ4v) is 1.01. The van der Waals surface area contributed by atoms with Gasteiger partial charge in [-0.2, -0.15) is 0 Å². The van der Waals surface area contributed by atoms with Gasteiger partial charge in [0.25, 0.3) is 0 Å². The van der Waals surface area contributed by atoms with Gasteiger partial charge >= 0.3 is 0 Å². The summed E-state index contributed by atoms with van der Waals surface area (Å²) in [5.41, 5.74) is 0. The van der Waals surface area contributed by atoms with E-state index in [2.05, 4.69) is 30.9 Å². The van der Waals surface area contributed by atoms with E-state index in [1.807, 2.05) is 6.08 Å². The standard InChI is InChI=1S/C10H22N2/c1-4-5-8-11-9-6-7-10-12(2)3/h4,11H,1,5-10H2,2-3H3. The van der Waals surface area contributed by atoms with Crippen LogP contribution in [-0.4, -0.2) is 38.6 Å². The maximum atomic E-state index is 3.67. The van der Waals surface area contributed by atoms with E-state index >= 15 is 0 Å². The van der Waals surface area contributed by atoms with E-state index in [9.17, 15) is 0 Å². The molecule has 0 atom stereocenters. The van der Waals surface area contributed by atoms with Gasteiger partial charge in [-0.3, -0.25) is 0 Å². The average Bonchev–Trinajstić information content (AvgIpc) is 2.02. The highest BCUT2D eigenvalue weighted by Gasteiger charge is 1.90. The van der Waals surface area contributed by atoms with Crippen LogP contribution in [0.15, 0.2) is 12.7 Å². The van der Waals surface area contributed by atoms with Crippen LogP contribution in [0.1, 0.15) is 19.3 Å². The second-order valence-electron chi connectivity index (χ2n) is 3.34. The molecule has 0 aromatic rings. The summed E-state index contributed by atoms with van der Waals surface area (Å²) in [6.07, 6.45) is 5.59. The predicted octanol–water partition coefficient (Wildman–Crippen LogP) is 1.49. The van der Waals surface area contributed by atoms with Crippen molar-refractivity contribution in [3.8, 4) is 0 Å². The molecule has 0 aliphatic rings. The monoisotopic (exact) mass is 170 g/mol. The Bertz CT molecular complexity index is 100. The summed E-state index contributed by atoms with van der Waals surface area (Å²) in [6, 6.07) is 0. The molecule has 0 unspecified atom stereocenters. The fourth-order valence-electron chi connectivity index (χ4n) is 1.01. The molecule has 0 aromatic carbocycles. The molecule has 0 radical (unpaired) electrons. The van der Waals surface area contributed by atoms with Crippen LogP contribution in [0.4, 0.5) is 0 Å². The third kappa shape index (κ3) is 9.66. The van der Waals surface area contributed by atoms with Crippen LogP contribution in [0, 0.1) is 0 Å². The lowest BCUT2D eigenvalue weighted by Gasteiger charge is -2.08. The van der Waals surface area contributed by atoms with E-state index in [1.165, 1.54) is 19.4 Å². The maximum absolute atomic E-state index is 3.67. The molecule has 2 nitrogen and oxygen atoms in total. The first kappa shape index (κ1) is 11.7. The van der Waals surface area contributed by atoms with Gasteiger partial charge < -0.3 is 10.2 Å². The van der Waals surface area contributed by atoms with Crippen molar-refractivity contribution in [3.63, 3.8) is 0 Å². The molecule has 0 saturated heterocycles. The summed E-state index contributed by atoms with van der Waals surface area (Å²) in [4.78, 5) is 2.23. The molecule has 1 N–H and O–H groups in total. The van der Waals surface area contributed by atoms with Gasteiger partial charge in [-0.15, -0.1) is 6.58 Å². The lowest BCUT2D eigenvalue weighted by atomic mass is 10.3. The van der Waals surface area contributed by atoms with Crippen LogP contribution in [0.3, 0.4) is 0 Å². The lowest BCUT2D eigenvalue weighted by molar-refractivity contribution is 0.392. The predicted molar refractivity (Wildman–Crippen MR) is 55.5 cm³/mol. The van der Waals surface area contributed by atoms with Gasteiger partial charge in [0, 0.05) is 0 Å². The number of rotatable bonds is 8. The summed E-state index contributed by atoms with van der Waals surface area (Å²) < 4.78 is 0. The van der Waals surface area contributed by atoms with Gasteiger partial charge in [-0.05, 0) is 53.0 Å². The topological polar surface area (TPSA) is 15.3 Å². The van der Waals surface area contributed by atoms with E-state index in [-0.39, 0.29) is 0 Å². The highest BCUT2D eigenvalue weighted by Crippen LogP contribution is 1.88. The smallest absolute Gasteiger partial charge is 0.00144 e. The van der Waals surface area contributed by atoms with Crippen LogP contribution in [0.2, 0.25) is 0 Å². The Hall–Kier alpha value is -0.340. The number of nitrogens with zero attached hydrogens (tertiary/aromatic N) is 1. The summed E-state index contributed by atoms with van der Waals surface area (Å²) >= 11 is 0. The molecule has 0 spiro atoms. The van der Waals surface area contributed by atoms with Crippen molar-refractivity contribution in [2.75, 3.05) is 33.7 Å². The van der Waals surface area contributed by atoms with Gasteiger partial charge in [0.15, 0.2) is 0 Å². The van der Waals surface area contributed by atoms with E-state index in [0.717, 1.165) is 19.5 Å². The first-order valence-corrected chi connectivity index (χ1v) is 4.73. The van der Waals surface area contributed by atoms with E-state index in [4.69, 9.17) is 0 Å². The van der Waals surface area contributed by atoms with Crippen LogP contribution in [-0.2, 0) is 0 Å². The Morgan fingerprint density at radius 2 is 2.00 bits per heavy atom. The molecule has 2 heteroatoms. The molecular weight excluding hydrogens is 148 g/mol. The summed E-state index contributed by atoms with van der Waals surface area (Å²) in [5, 5.41) is 3.37. The Morgan fingerprint density at radius 3 is 2.58 bits per heavy atom. The quantitative estimate of drug-likeness (QED) is 0.438. The van der Waals surface area contributed by atoms with Gasteiger partial charge in [0.05, 0.1) is 0 Å². The molecule has 12 heavy (non-hydrogen) atoms. The largest absolute Gasteiger partial charge is 0.316 e. The zero-order chi connectivity index (χ0) is 9.23. The Kier molecular flexibility index (Phi) is 8.51. The fraction of sp³-hybridized carbons (Fsp3) is 0.800. The molecule has 0 heterocycles. The van der Waals surface area contributed by atoms with E-state index in [1.54, 1.807) is 0 Å². The van der Waals surface area contributed by atoms with Crippen molar-refractivity contribution >= 4 is 0 Å². The summed E-state index contributed by atoms with van der Waals surface area (Å²) in [6.45, 7) is 7.08. The zero-order valence-corrected chi connectivity index (χ0v) is 8.47. The van der Waals surface area contributed by atoms with Crippen LogP contribution in [0.5, 0.6) is 0 Å². The van der Waals surface area contributed by atoms with E-state index < -0.39 is 0 Å². The Labute approximate surface area is 76.6 Å². The average molecular weight is 170 g/mol. The molecule has 0 rings (SSSR count). The molecule has 72 valence electrons. The molecule has 0 aromatic heterocycles. The molecule has 0 fully saturated rings. The minimum Gasteiger partial charge on any atom is -0.316 e. The third-order valence-electron chi connectivity index (χ3n) is 1.73. The van der Waals surface area contributed by atoms with Crippen LogP contribution >= 0.6 is 0 Å². The first-order chi connectivity index (χ1) is 5.77. The molecule has 0 saturated carbocycles.